The molecule has 73 valence electrons. The first-order chi connectivity index (χ1) is 6.86. The van der Waals surface area contributed by atoms with Gasteiger partial charge < -0.3 is 9.84 Å². The molecule has 0 unspecified atom stereocenters. The molecule has 0 saturated heterocycles. The van der Waals surface area contributed by atoms with E-state index in [9.17, 15) is 0 Å². The summed E-state index contributed by atoms with van der Waals surface area (Å²) < 4.78 is 5.21. The van der Waals surface area contributed by atoms with E-state index in [0.717, 1.165) is 5.69 Å². The fourth-order valence-corrected chi connectivity index (χ4v) is 0.965. The van der Waals surface area contributed by atoms with Crippen LogP contribution in [0.15, 0.2) is 29.3 Å². The lowest BCUT2D eigenvalue weighted by molar-refractivity contribution is 0.269. The molecule has 1 aromatic rings. The molecule has 0 spiro atoms. The zero-order valence-corrected chi connectivity index (χ0v) is 8.33. The quantitative estimate of drug-likeness (QED) is 0.459. The van der Waals surface area contributed by atoms with Gasteiger partial charge in [0, 0.05) is 13.0 Å². The van der Waals surface area contributed by atoms with Gasteiger partial charge in [-0.2, -0.15) is 4.99 Å². The van der Waals surface area contributed by atoms with E-state index in [0.29, 0.717) is 12.2 Å². The van der Waals surface area contributed by atoms with Crippen LogP contribution in [-0.4, -0.2) is 16.9 Å². The number of aliphatic hydroxyl groups is 1. The van der Waals surface area contributed by atoms with E-state index in [2.05, 4.69) is 22.4 Å². The molecule has 0 atom stereocenters. The number of isothiocyanates is 1. The fourth-order valence-electron chi connectivity index (χ4n) is 0.860. The van der Waals surface area contributed by atoms with Gasteiger partial charge in [-0.1, -0.05) is 0 Å². The highest BCUT2D eigenvalue weighted by Gasteiger charge is 1.93. The summed E-state index contributed by atoms with van der Waals surface area (Å²) in [6.07, 6.45) is 0.514. The Balaban J connectivity index is 2.50. The van der Waals surface area contributed by atoms with Gasteiger partial charge in [0.05, 0.1) is 10.8 Å². The van der Waals surface area contributed by atoms with Gasteiger partial charge in [-0.05, 0) is 36.5 Å². The zero-order chi connectivity index (χ0) is 10.2. The largest absolute Gasteiger partial charge is 0.486 e. The van der Waals surface area contributed by atoms with Crippen molar-refractivity contribution in [3.05, 3.63) is 30.9 Å². The molecule has 0 aliphatic rings. The molecule has 0 amide bonds. The number of ether oxygens (including phenoxy) is 1. The first-order valence-electron chi connectivity index (χ1n) is 4.14. The van der Waals surface area contributed by atoms with Crippen LogP contribution in [0.1, 0.15) is 6.42 Å². The number of thiocarbonyl (C=S) groups is 1. The lowest BCUT2D eigenvalue weighted by Crippen LogP contribution is -1.92. The Morgan fingerprint density at radius 2 is 2.14 bits per heavy atom. The van der Waals surface area contributed by atoms with E-state index in [1.54, 1.807) is 30.9 Å². The molecule has 1 rings (SSSR count). The molecule has 0 saturated carbocycles. The molecule has 0 bridgehead atoms. The van der Waals surface area contributed by atoms with Crippen LogP contribution in [0, 0.1) is 6.61 Å². The third-order valence-corrected chi connectivity index (χ3v) is 1.57. The molecule has 3 nitrogen and oxygen atoms in total. The van der Waals surface area contributed by atoms with Crippen LogP contribution in [-0.2, 0) is 0 Å². The van der Waals surface area contributed by atoms with Crippen LogP contribution < -0.4 is 4.74 Å². The van der Waals surface area contributed by atoms with Gasteiger partial charge in [-0.3, -0.25) is 0 Å². The Morgan fingerprint density at radius 1 is 1.43 bits per heavy atom. The summed E-state index contributed by atoms with van der Waals surface area (Å²) >= 11 is 4.47. The van der Waals surface area contributed by atoms with Crippen molar-refractivity contribution in [2.75, 3.05) is 6.61 Å². The predicted molar refractivity (Wildman–Crippen MR) is 57.8 cm³/mol. The van der Waals surface area contributed by atoms with Crippen molar-refractivity contribution in [2.45, 2.75) is 6.42 Å². The van der Waals surface area contributed by atoms with Crippen LogP contribution in [0.2, 0.25) is 0 Å². The molecule has 1 radical (unpaired) electrons. The highest BCUT2D eigenvalue weighted by atomic mass is 32.1. The molecule has 0 aliphatic heterocycles. The van der Waals surface area contributed by atoms with Crippen molar-refractivity contribution >= 4 is 23.1 Å². The zero-order valence-electron chi connectivity index (χ0n) is 7.51. The van der Waals surface area contributed by atoms with E-state index in [1.807, 2.05) is 0 Å². The Labute approximate surface area is 88.1 Å². The summed E-state index contributed by atoms with van der Waals surface area (Å²) in [5.74, 6) is 0.710. The topological polar surface area (TPSA) is 41.8 Å². The third-order valence-electron chi connectivity index (χ3n) is 1.48. The van der Waals surface area contributed by atoms with Crippen molar-refractivity contribution in [2.24, 2.45) is 4.99 Å². The van der Waals surface area contributed by atoms with Crippen LogP contribution in [0.4, 0.5) is 5.69 Å². The second-order valence-electron chi connectivity index (χ2n) is 2.49. The van der Waals surface area contributed by atoms with Crippen LogP contribution in [0.25, 0.3) is 0 Å². The predicted octanol–water partition coefficient (Wildman–Crippen LogP) is 2.34. The van der Waals surface area contributed by atoms with Crippen LogP contribution in [0.3, 0.4) is 0 Å². The smallest absolute Gasteiger partial charge is 0.138 e. The maximum atomic E-state index is 8.51. The minimum Gasteiger partial charge on any atom is -0.486 e. The molecule has 0 aliphatic carbocycles. The second-order valence-corrected chi connectivity index (χ2v) is 2.68. The molecule has 4 heteroatoms. The second kappa shape index (κ2) is 6.27. The molecule has 1 aromatic carbocycles. The van der Waals surface area contributed by atoms with Crippen LogP contribution >= 0.6 is 12.2 Å². The van der Waals surface area contributed by atoms with Crippen molar-refractivity contribution in [3.63, 3.8) is 0 Å². The maximum Gasteiger partial charge on any atom is 0.138 e. The molecule has 0 aromatic heterocycles. The van der Waals surface area contributed by atoms with E-state index < -0.39 is 0 Å². The summed E-state index contributed by atoms with van der Waals surface area (Å²) in [6, 6.07) is 7.11. The van der Waals surface area contributed by atoms with Gasteiger partial charge in [0.25, 0.3) is 0 Å². The molecule has 1 N–H and O–H groups in total. The summed E-state index contributed by atoms with van der Waals surface area (Å²) in [5, 5.41) is 10.8. The number of benzene rings is 1. The number of nitrogens with zero attached hydrogens (tertiary/aromatic N) is 1. The Bertz CT molecular complexity index is 317. The lowest BCUT2D eigenvalue weighted by Gasteiger charge is -2.03. The summed E-state index contributed by atoms with van der Waals surface area (Å²) in [6.45, 7) is 1.64. The third kappa shape index (κ3) is 3.66. The van der Waals surface area contributed by atoms with Gasteiger partial charge in [-0.25, -0.2) is 0 Å². The summed E-state index contributed by atoms with van der Waals surface area (Å²) in [4.78, 5) is 3.80. The molecular weight excluding hydrogens is 198 g/mol. The van der Waals surface area contributed by atoms with Gasteiger partial charge in [0.15, 0.2) is 0 Å². The van der Waals surface area contributed by atoms with E-state index in [1.165, 1.54) is 0 Å². The Morgan fingerprint density at radius 3 is 2.71 bits per heavy atom. The van der Waals surface area contributed by atoms with Gasteiger partial charge in [-0.15, -0.1) is 0 Å². The molecular formula is C10H10NO2S. The minimum absolute atomic E-state index is 0.0906. The van der Waals surface area contributed by atoms with Gasteiger partial charge >= 0.3 is 0 Å². The maximum absolute atomic E-state index is 8.51. The van der Waals surface area contributed by atoms with Crippen molar-refractivity contribution in [3.8, 4) is 5.75 Å². The Kier molecular flexibility index (Phi) is 4.86. The van der Waals surface area contributed by atoms with Crippen LogP contribution in [0.5, 0.6) is 5.75 Å². The van der Waals surface area contributed by atoms with Crippen molar-refractivity contribution < 1.29 is 9.84 Å². The van der Waals surface area contributed by atoms with E-state index in [4.69, 9.17) is 9.84 Å². The van der Waals surface area contributed by atoms with E-state index in [-0.39, 0.29) is 6.61 Å². The first kappa shape index (κ1) is 10.9. The summed E-state index contributed by atoms with van der Waals surface area (Å²) in [5.41, 5.74) is 0.745. The molecule has 0 fully saturated rings. The molecule has 0 heterocycles. The highest BCUT2D eigenvalue weighted by Crippen LogP contribution is 2.18. The van der Waals surface area contributed by atoms with Gasteiger partial charge in [0.2, 0.25) is 0 Å². The number of rotatable bonds is 5. The van der Waals surface area contributed by atoms with Crippen molar-refractivity contribution in [1.82, 2.24) is 0 Å². The minimum atomic E-state index is 0.0906. The normalized spacial score (nSPS) is 9.21. The average Bonchev–Trinajstić information content (AvgIpc) is 2.21. The fraction of sp³-hybridized carbons (Fsp3) is 0.200. The Hall–Kier alpha value is -1.22. The van der Waals surface area contributed by atoms with E-state index >= 15 is 0 Å². The number of hydrogen-bond acceptors (Lipinski definition) is 4. The van der Waals surface area contributed by atoms with Crippen molar-refractivity contribution in [1.29, 1.82) is 0 Å². The average molecular weight is 208 g/mol. The number of hydrogen-bond donors (Lipinski definition) is 1. The summed E-state index contributed by atoms with van der Waals surface area (Å²) in [7, 11) is 0. The first-order valence-corrected chi connectivity index (χ1v) is 4.55. The standard InChI is InChI=1S/C10H10NO2S/c12-6-1-7-13-10-4-2-9(3-5-10)11-8-14/h2-5,7,12H,1,6H2. The highest BCUT2D eigenvalue weighted by molar-refractivity contribution is 7.78. The molecule has 14 heavy (non-hydrogen) atoms. The van der Waals surface area contributed by atoms with Gasteiger partial charge in [0.1, 0.15) is 12.4 Å². The monoisotopic (exact) mass is 208 g/mol. The number of aliphatic imine (C=N–C) groups is 1. The lowest BCUT2D eigenvalue weighted by atomic mass is 10.3. The number of aliphatic hydroxyl groups excluding tert-OH is 1. The SMILES string of the molecule is OCC[CH]Oc1ccc(N=C=S)cc1.